The average molecular weight is 158 g/mol. The molecule has 0 radical (unpaired) electrons. The van der Waals surface area contributed by atoms with Gasteiger partial charge in [0.05, 0.1) is 24.4 Å². The molecule has 0 aromatic heterocycles. The van der Waals surface area contributed by atoms with Crippen molar-refractivity contribution < 1.29 is 14.9 Å². The normalized spacial score (nSPS) is 48.5. The second-order valence-corrected chi connectivity index (χ2v) is 3.78. The molecule has 0 unspecified atom stereocenters. The molecular formula is C8H14O3. The van der Waals surface area contributed by atoms with Crippen molar-refractivity contribution in [1.82, 2.24) is 0 Å². The number of aliphatic hydroxyl groups is 2. The lowest BCUT2D eigenvalue weighted by molar-refractivity contribution is -0.0920. The van der Waals surface area contributed by atoms with E-state index in [4.69, 9.17) is 14.9 Å². The number of ether oxygens (including phenoxy) is 1. The van der Waals surface area contributed by atoms with Crippen LogP contribution in [0.3, 0.4) is 0 Å². The van der Waals surface area contributed by atoms with Gasteiger partial charge in [0.1, 0.15) is 0 Å². The van der Waals surface area contributed by atoms with Crippen LogP contribution in [0, 0.1) is 0 Å². The van der Waals surface area contributed by atoms with Crippen molar-refractivity contribution in [2.24, 2.45) is 0 Å². The lowest BCUT2D eigenvalue weighted by atomic mass is 9.83. The number of rotatable bonds is 2. The van der Waals surface area contributed by atoms with Crippen LogP contribution >= 0.6 is 0 Å². The summed E-state index contributed by atoms with van der Waals surface area (Å²) >= 11 is 0. The van der Waals surface area contributed by atoms with Gasteiger partial charge in [0.25, 0.3) is 0 Å². The highest BCUT2D eigenvalue weighted by atomic mass is 16.6. The predicted octanol–water partition coefficient (Wildman–Crippen LogP) is 0.0528. The summed E-state index contributed by atoms with van der Waals surface area (Å²) in [6, 6.07) is 0. The summed E-state index contributed by atoms with van der Waals surface area (Å²) in [6.07, 6.45) is 3.63. The highest BCUT2D eigenvalue weighted by Crippen LogP contribution is 2.50. The fourth-order valence-corrected chi connectivity index (χ4v) is 2.21. The molecule has 2 heterocycles. The average Bonchev–Trinajstić information content (AvgIpc) is 2.61. The van der Waals surface area contributed by atoms with Crippen LogP contribution in [-0.2, 0) is 4.74 Å². The molecule has 3 heteroatoms. The molecule has 11 heavy (non-hydrogen) atoms. The first-order chi connectivity index (χ1) is 5.24. The first-order valence-corrected chi connectivity index (χ1v) is 4.16. The zero-order valence-corrected chi connectivity index (χ0v) is 6.55. The Morgan fingerprint density at radius 2 is 1.27 bits per heavy atom. The van der Waals surface area contributed by atoms with Crippen LogP contribution in [0.15, 0.2) is 0 Å². The SMILES string of the molecule is OCC12CCC(CO)(CC1)O2. The summed E-state index contributed by atoms with van der Waals surface area (Å²) in [4.78, 5) is 0. The van der Waals surface area contributed by atoms with Gasteiger partial charge in [-0.1, -0.05) is 0 Å². The third kappa shape index (κ3) is 0.916. The van der Waals surface area contributed by atoms with Gasteiger partial charge in [0.2, 0.25) is 0 Å². The van der Waals surface area contributed by atoms with Crippen LogP contribution < -0.4 is 0 Å². The van der Waals surface area contributed by atoms with E-state index in [-0.39, 0.29) is 24.4 Å². The third-order valence-corrected chi connectivity index (χ3v) is 3.08. The summed E-state index contributed by atoms with van der Waals surface area (Å²) in [7, 11) is 0. The van der Waals surface area contributed by atoms with Crippen LogP contribution in [0.25, 0.3) is 0 Å². The van der Waals surface area contributed by atoms with Gasteiger partial charge in [-0.3, -0.25) is 0 Å². The Morgan fingerprint density at radius 1 is 0.909 bits per heavy atom. The molecule has 2 bridgehead atoms. The van der Waals surface area contributed by atoms with E-state index in [1.165, 1.54) is 0 Å². The second kappa shape index (κ2) is 2.19. The lowest BCUT2D eigenvalue weighted by Gasteiger charge is -2.20. The van der Waals surface area contributed by atoms with Crippen LogP contribution in [0.4, 0.5) is 0 Å². The molecule has 0 saturated carbocycles. The minimum Gasteiger partial charge on any atom is -0.393 e. The van der Waals surface area contributed by atoms with Gasteiger partial charge in [-0.25, -0.2) is 0 Å². The van der Waals surface area contributed by atoms with Crippen molar-refractivity contribution in [2.45, 2.75) is 36.9 Å². The summed E-state index contributed by atoms with van der Waals surface area (Å²) in [5, 5.41) is 18.1. The molecule has 2 aliphatic heterocycles. The molecule has 0 spiro atoms. The number of aliphatic hydroxyl groups excluding tert-OH is 2. The predicted molar refractivity (Wildman–Crippen MR) is 39.2 cm³/mol. The van der Waals surface area contributed by atoms with Crippen molar-refractivity contribution in [3.8, 4) is 0 Å². The standard InChI is InChI=1S/C8H14O3/c9-5-7-1-2-8(6-10,11-7)4-3-7/h9-10H,1-6H2. The summed E-state index contributed by atoms with van der Waals surface area (Å²) in [5.74, 6) is 0. The maximum atomic E-state index is 9.05. The largest absolute Gasteiger partial charge is 0.393 e. The minimum absolute atomic E-state index is 0.106. The Balaban J connectivity index is 2.15. The van der Waals surface area contributed by atoms with E-state index >= 15 is 0 Å². The molecule has 3 nitrogen and oxygen atoms in total. The Bertz CT molecular complexity index is 141. The Labute approximate surface area is 66.0 Å². The van der Waals surface area contributed by atoms with Gasteiger partial charge in [-0.2, -0.15) is 0 Å². The molecule has 0 amide bonds. The quantitative estimate of drug-likeness (QED) is 0.597. The van der Waals surface area contributed by atoms with Gasteiger partial charge in [-0.15, -0.1) is 0 Å². The molecule has 0 aromatic rings. The van der Waals surface area contributed by atoms with E-state index in [1.807, 2.05) is 0 Å². The smallest absolute Gasteiger partial charge is 0.0923 e. The molecule has 2 rings (SSSR count). The second-order valence-electron chi connectivity index (χ2n) is 3.78. The van der Waals surface area contributed by atoms with Crippen LogP contribution in [0.1, 0.15) is 25.7 Å². The molecular weight excluding hydrogens is 144 g/mol. The van der Waals surface area contributed by atoms with E-state index in [9.17, 15) is 0 Å². The Kier molecular flexibility index (Phi) is 1.50. The molecule has 2 N–H and O–H groups in total. The van der Waals surface area contributed by atoms with Crippen molar-refractivity contribution in [2.75, 3.05) is 13.2 Å². The van der Waals surface area contributed by atoms with E-state index in [0.717, 1.165) is 25.7 Å². The zero-order chi connectivity index (χ0) is 7.95. The molecule has 2 saturated heterocycles. The van der Waals surface area contributed by atoms with Gasteiger partial charge in [0.15, 0.2) is 0 Å². The van der Waals surface area contributed by atoms with Gasteiger partial charge in [0, 0.05) is 0 Å². The van der Waals surface area contributed by atoms with Gasteiger partial charge >= 0.3 is 0 Å². The molecule has 0 aromatic carbocycles. The first kappa shape index (κ1) is 7.53. The number of fused-ring (bicyclic) bond motifs is 2. The highest BCUT2D eigenvalue weighted by Gasteiger charge is 2.54. The van der Waals surface area contributed by atoms with Crippen LogP contribution in [0.2, 0.25) is 0 Å². The topological polar surface area (TPSA) is 49.7 Å². The van der Waals surface area contributed by atoms with Gasteiger partial charge in [-0.05, 0) is 25.7 Å². The summed E-state index contributed by atoms with van der Waals surface area (Å²) in [5.41, 5.74) is -0.578. The van der Waals surface area contributed by atoms with E-state index in [1.54, 1.807) is 0 Å². The van der Waals surface area contributed by atoms with Crippen molar-refractivity contribution >= 4 is 0 Å². The molecule has 0 aliphatic carbocycles. The Morgan fingerprint density at radius 3 is 1.45 bits per heavy atom. The van der Waals surface area contributed by atoms with Crippen molar-refractivity contribution in [1.29, 1.82) is 0 Å². The summed E-state index contributed by atoms with van der Waals surface area (Å²) in [6.45, 7) is 0.212. The lowest BCUT2D eigenvalue weighted by Crippen LogP contribution is -2.30. The van der Waals surface area contributed by atoms with E-state index in [0.29, 0.717) is 0 Å². The van der Waals surface area contributed by atoms with Crippen molar-refractivity contribution in [3.63, 3.8) is 0 Å². The van der Waals surface area contributed by atoms with Gasteiger partial charge < -0.3 is 14.9 Å². The maximum Gasteiger partial charge on any atom is 0.0923 e. The maximum absolute atomic E-state index is 9.05. The summed E-state index contributed by atoms with van der Waals surface area (Å²) < 4.78 is 5.65. The van der Waals surface area contributed by atoms with E-state index in [2.05, 4.69) is 0 Å². The van der Waals surface area contributed by atoms with Crippen LogP contribution in [0.5, 0.6) is 0 Å². The van der Waals surface area contributed by atoms with Crippen LogP contribution in [-0.4, -0.2) is 34.6 Å². The fraction of sp³-hybridized carbons (Fsp3) is 1.00. The molecule has 64 valence electrons. The number of hydrogen-bond acceptors (Lipinski definition) is 3. The van der Waals surface area contributed by atoms with E-state index < -0.39 is 0 Å². The monoisotopic (exact) mass is 158 g/mol. The first-order valence-electron chi connectivity index (χ1n) is 4.16. The molecule has 0 atom stereocenters. The highest BCUT2D eigenvalue weighted by molar-refractivity contribution is 5.04. The minimum atomic E-state index is -0.289. The molecule has 2 fully saturated rings. The fourth-order valence-electron chi connectivity index (χ4n) is 2.21. The van der Waals surface area contributed by atoms with Crippen molar-refractivity contribution in [3.05, 3.63) is 0 Å². The molecule has 2 aliphatic rings. The Hall–Kier alpha value is -0.120. The zero-order valence-electron chi connectivity index (χ0n) is 6.55. The third-order valence-electron chi connectivity index (χ3n) is 3.08. The number of hydrogen-bond donors (Lipinski definition) is 2.